The van der Waals surface area contributed by atoms with E-state index in [0.29, 0.717) is 0 Å². The van der Waals surface area contributed by atoms with Gasteiger partial charge in [-0.2, -0.15) is 0 Å². The average molecular weight is 802 g/mol. The summed E-state index contributed by atoms with van der Waals surface area (Å²) in [7, 11) is 0. The Morgan fingerprint density at radius 3 is 1.45 bits per heavy atom. The minimum Gasteiger partial charge on any atom is -1.00 e. The van der Waals surface area contributed by atoms with Crippen LogP contribution in [0.2, 0.25) is 10.0 Å². The van der Waals surface area contributed by atoms with Gasteiger partial charge in [-0.05, 0) is 0 Å². The van der Waals surface area contributed by atoms with Gasteiger partial charge in [0.2, 0.25) is 0 Å². The molecule has 0 heterocycles. The summed E-state index contributed by atoms with van der Waals surface area (Å²) in [5.41, 5.74) is 16.8. The molecule has 49 heavy (non-hydrogen) atoms. The third kappa shape index (κ3) is 5.97. The van der Waals surface area contributed by atoms with Gasteiger partial charge >= 0.3 is 296 Å². The molecule has 0 radical (unpaired) electrons. The van der Waals surface area contributed by atoms with Crippen LogP contribution in [0, 0.1) is 0 Å². The van der Waals surface area contributed by atoms with Crippen LogP contribution in [0.1, 0.15) is 96.1 Å². The first-order valence-electron chi connectivity index (χ1n) is 16.7. The van der Waals surface area contributed by atoms with Crippen molar-refractivity contribution in [3.63, 3.8) is 0 Å². The van der Waals surface area contributed by atoms with Crippen LogP contribution in [0.3, 0.4) is 0 Å². The second kappa shape index (κ2) is 13.0. The average Bonchev–Trinajstić information content (AvgIpc) is 3.77. The van der Waals surface area contributed by atoms with Gasteiger partial charge in [-0.25, -0.2) is 0 Å². The maximum atomic E-state index is 6.45. The molecule has 0 fully saturated rings. The summed E-state index contributed by atoms with van der Waals surface area (Å²) in [6.45, 7) is 14.1. The number of rotatable bonds is 4. The monoisotopic (exact) mass is 798 g/mol. The molecule has 0 aromatic heterocycles. The molecule has 0 spiro atoms. The van der Waals surface area contributed by atoms with E-state index < -0.39 is 19.3 Å². The minimum absolute atomic E-state index is 0. The van der Waals surface area contributed by atoms with Crippen LogP contribution in [0.5, 0.6) is 0 Å². The van der Waals surface area contributed by atoms with E-state index in [2.05, 4.69) is 128 Å². The van der Waals surface area contributed by atoms with Gasteiger partial charge in [-0.3, -0.25) is 0 Å². The Morgan fingerprint density at radius 2 is 1.06 bits per heavy atom. The number of hydrogen-bond donors (Lipinski definition) is 0. The van der Waals surface area contributed by atoms with Gasteiger partial charge in [0, 0.05) is 0 Å². The normalized spacial score (nSPS) is 16.9. The van der Waals surface area contributed by atoms with Crippen molar-refractivity contribution in [2.45, 2.75) is 62.4 Å². The van der Waals surface area contributed by atoms with E-state index in [9.17, 15) is 0 Å². The second-order valence-corrected chi connectivity index (χ2v) is 25.0. The molecule has 0 N–H and O–H groups in total. The number of hydrogen-bond acceptors (Lipinski definition) is 0. The van der Waals surface area contributed by atoms with Gasteiger partial charge in [0.25, 0.3) is 0 Å². The Labute approximate surface area is 317 Å². The van der Waals surface area contributed by atoms with Gasteiger partial charge < -0.3 is 24.8 Å². The van der Waals surface area contributed by atoms with Crippen molar-refractivity contribution >= 4 is 41.8 Å². The molecule has 4 aromatic carbocycles. The van der Waals surface area contributed by atoms with Crippen molar-refractivity contribution < 1.29 is 44.1 Å². The van der Waals surface area contributed by atoms with Gasteiger partial charge in [-0.15, -0.1) is 0 Å². The molecule has 4 aromatic rings. The Bertz CT molecular complexity index is 2120. The number of halogens is 4. The first-order valence-corrected chi connectivity index (χ1v) is 23.0. The Kier molecular flexibility index (Phi) is 9.65. The van der Waals surface area contributed by atoms with Crippen molar-refractivity contribution in [1.82, 2.24) is 0 Å². The predicted octanol–water partition coefficient (Wildman–Crippen LogP) is 6.16. The van der Waals surface area contributed by atoms with Crippen LogP contribution in [0.4, 0.5) is 0 Å². The first kappa shape index (κ1) is 36.4. The van der Waals surface area contributed by atoms with Crippen LogP contribution < -0.4 is 24.8 Å². The first-order chi connectivity index (χ1) is 22.4. The SMILES string of the molecule is CC1=CC(C)(C)c2cc3c(cc21)-c1cc2c(cc1[CH]3[Zr+2](=[CH]c1ccc(Cl)cc1)(=[CH]c1ccc(Cl)cc1)[C]1=CC=CC1)C(C)(C)C=C2C.[Cl-].[Cl-]. The fourth-order valence-electron chi connectivity index (χ4n) is 8.99. The quantitative estimate of drug-likeness (QED) is 0.232. The smallest absolute Gasteiger partial charge is 1.00 e. The van der Waals surface area contributed by atoms with Crippen LogP contribution in [0.15, 0.2) is 106 Å². The number of allylic oxidation sites excluding steroid dienone is 8. The van der Waals surface area contributed by atoms with E-state index in [-0.39, 0.29) is 39.3 Å². The van der Waals surface area contributed by atoms with Crippen LogP contribution in [0.25, 0.3) is 22.3 Å². The largest absolute Gasteiger partial charge is 1.00 e. The van der Waals surface area contributed by atoms with E-state index in [1.54, 1.807) is 3.28 Å². The Balaban J connectivity index is 0.00000208. The van der Waals surface area contributed by atoms with E-state index in [4.69, 9.17) is 23.2 Å². The third-order valence-corrected chi connectivity index (χ3v) is 23.1. The van der Waals surface area contributed by atoms with Gasteiger partial charge in [0.05, 0.1) is 0 Å². The number of fused-ring (bicyclic) bond motifs is 5. The summed E-state index contributed by atoms with van der Waals surface area (Å²) in [6, 6.07) is 27.3. The molecule has 0 bridgehead atoms. The molecule has 5 heteroatoms. The molecule has 0 unspecified atom stereocenters. The fraction of sp³-hybridized carbons (Fsp3) is 0.227. The van der Waals surface area contributed by atoms with Crippen molar-refractivity contribution in [3.05, 3.63) is 161 Å². The van der Waals surface area contributed by atoms with Gasteiger partial charge in [-0.1, -0.05) is 0 Å². The van der Waals surface area contributed by atoms with Crippen LogP contribution >= 0.6 is 23.2 Å². The molecule has 0 amide bonds. The Morgan fingerprint density at radius 1 is 0.633 bits per heavy atom. The summed E-state index contributed by atoms with van der Waals surface area (Å²) in [5.74, 6) is 0. The summed E-state index contributed by atoms with van der Waals surface area (Å²) in [5, 5.41) is 1.54. The standard InChI is InChI=1S/C25H25.2C7H5Cl.C5H5.2ClH.Zr/c1-14-12-24(3,4)22-8-16-7-17-9-23-19(15(2)13-25(23,5)6)11-21(17)20(16)10-18(14)22;2*1-6-2-4-7(8)5-3-6;1-2-4-5-3-1;;;/h7-13H,1-6H3;2*1-5H;1-3H,4H2;2*1H;/q;;;;;;+2/p-2. The molecule has 4 aliphatic carbocycles. The van der Waals surface area contributed by atoms with E-state index in [0.717, 1.165) is 16.5 Å². The fourth-order valence-corrected chi connectivity index (χ4v) is 21.6. The van der Waals surface area contributed by atoms with E-state index >= 15 is 0 Å². The zero-order valence-electron chi connectivity index (χ0n) is 28.8. The molecular formula is C44H40Cl4Zr. The maximum absolute atomic E-state index is 6.45. The zero-order chi connectivity index (χ0) is 32.9. The minimum atomic E-state index is -3.85. The van der Waals surface area contributed by atoms with Crippen molar-refractivity contribution in [1.29, 1.82) is 0 Å². The van der Waals surface area contributed by atoms with Gasteiger partial charge in [0.15, 0.2) is 0 Å². The summed E-state index contributed by atoms with van der Waals surface area (Å²) < 4.78 is 7.28. The van der Waals surface area contributed by atoms with Crippen LogP contribution in [-0.4, -0.2) is 7.42 Å². The third-order valence-electron chi connectivity index (χ3n) is 11.0. The topological polar surface area (TPSA) is 0 Å². The summed E-state index contributed by atoms with van der Waals surface area (Å²) in [6.07, 6.45) is 13.0. The predicted molar refractivity (Wildman–Crippen MR) is 202 cm³/mol. The molecule has 0 nitrogen and oxygen atoms in total. The molecule has 0 atom stereocenters. The molecule has 248 valence electrons. The second-order valence-electron chi connectivity index (χ2n) is 15.2. The van der Waals surface area contributed by atoms with Crippen molar-refractivity contribution in [3.8, 4) is 11.1 Å². The Hall–Kier alpha value is -2.38. The van der Waals surface area contributed by atoms with Crippen molar-refractivity contribution in [2.75, 3.05) is 0 Å². The summed E-state index contributed by atoms with van der Waals surface area (Å²) in [4.78, 5) is 0. The van der Waals surface area contributed by atoms with E-state index in [1.807, 2.05) is 24.3 Å². The van der Waals surface area contributed by atoms with Gasteiger partial charge in [0.1, 0.15) is 0 Å². The molecular weight excluding hydrogens is 762 g/mol. The molecule has 0 saturated heterocycles. The van der Waals surface area contributed by atoms with Crippen LogP contribution in [-0.2, 0) is 30.1 Å². The van der Waals surface area contributed by atoms with E-state index in [1.165, 1.54) is 66.8 Å². The molecule has 8 rings (SSSR count). The molecule has 0 aliphatic heterocycles. The molecule has 4 aliphatic rings. The number of benzene rings is 4. The van der Waals surface area contributed by atoms with Crippen molar-refractivity contribution in [2.24, 2.45) is 0 Å². The zero-order valence-corrected chi connectivity index (χ0v) is 34.2. The molecule has 0 saturated carbocycles. The summed E-state index contributed by atoms with van der Waals surface area (Å²) >= 11 is 9.05. The maximum Gasteiger partial charge on any atom is -1.00 e.